The number of anilines is 1. The van der Waals surface area contributed by atoms with Crippen molar-refractivity contribution in [1.82, 2.24) is 0 Å². The zero-order chi connectivity index (χ0) is 15.6. The number of hydrogen-bond acceptors (Lipinski definition) is 2. The number of primary amides is 1. The molecule has 0 aliphatic carbocycles. The van der Waals surface area contributed by atoms with Gasteiger partial charge in [0.2, 0.25) is 5.91 Å². The molecule has 1 amide bonds. The molecule has 110 valence electrons. The van der Waals surface area contributed by atoms with Gasteiger partial charge in [-0.2, -0.15) is 0 Å². The van der Waals surface area contributed by atoms with Crippen LogP contribution in [0.25, 0.3) is 0 Å². The Balaban J connectivity index is 2.23. The smallest absolute Gasteiger partial charge is 0.250 e. The van der Waals surface area contributed by atoms with E-state index in [0.29, 0.717) is 10.6 Å². The maximum absolute atomic E-state index is 11.3. The average Bonchev–Trinajstić information content (AvgIpc) is 2.43. The minimum atomic E-state index is -0.525. The van der Waals surface area contributed by atoms with Crippen molar-refractivity contribution in [3.8, 4) is 0 Å². The van der Waals surface area contributed by atoms with Crippen LogP contribution in [0.3, 0.4) is 0 Å². The number of amides is 1. The fraction of sp³-hybridized carbons (Fsp3) is 0.235. The van der Waals surface area contributed by atoms with Crippen LogP contribution in [0.5, 0.6) is 0 Å². The van der Waals surface area contributed by atoms with Crippen molar-refractivity contribution in [1.29, 1.82) is 0 Å². The first-order valence-electron chi connectivity index (χ1n) is 6.81. The Labute approximate surface area is 130 Å². The minimum Gasteiger partial charge on any atom is -0.378 e. The highest BCUT2D eigenvalue weighted by Crippen LogP contribution is 2.25. The van der Waals surface area contributed by atoms with Crippen molar-refractivity contribution < 1.29 is 4.79 Å². The molecule has 0 saturated carbocycles. The molecule has 0 radical (unpaired) electrons. The van der Waals surface area contributed by atoms with Gasteiger partial charge in [0, 0.05) is 11.7 Å². The number of nitrogens with two attached hydrogens (primary N) is 1. The van der Waals surface area contributed by atoms with Crippen LogP contribution in [0.1, 0.15) is 40.0 Å². The van der Waals surface area contributed by atoms with Gasteiger partial charge in [-0.1, -0.05) is 29.8 Å². The van der Waals surface area contributed by atoms with Crippen LogP contribution in [0.2, 0.25) is 5.02 Å². The standard InChI is InChI=1S/C17H19ClN2O/c1-10-4-5-13(8-11(10)2)12(3)20-14-6-7-16(18)15(9-14)17(19)21/h4-9,12,20H,1-3H3,(H2,19,21). The lowest BCUT2D eigenvalue weighted by molar-refractivity contribution is 0.100. The average molecular weight is 303 g/mol. The first kappa shape index (κ1) is 15.4. The Kier molecular flexibility index (Phi) is 4.53. The lowest BCUT2D eigenvalue weighted by atomic mass is 10.0. The summed E-state index contributed by atoms with van der Waals surface area (Å²) in [5, 5.41) is 3.73. The van der Waals surface area contributed by atoms with E-state index in [1.54, 1.807) is 12.1 Å². The summed E-state index contributed by atoms with van der Waals surface area (Å²) < 4.78 is 0. The molecule has 3 N–H and O–H groups in total. The number of nitrogens with one attached hydrogen (secondary N) is 1. The fourth-order valence-electron chi connectivity index (χ4n) is 2.17. The summed E-state index contributed by atoms with van der Waals surface area (Å²) in [5.74, 6) is -0.525. The van der Waals surface area contributed by atoms with E-state index in [-0.39, 0.29) is 6.04 Å². The highest BCUT2D eigenvalue weighted by atomic mass is 35.5. The number of rotatable bonds is 4. The van der Waals surface area contributed by atoms with Crippen LogP contribution in [0, 0.1) is 13.8 Å². The molecule has 0 heterocycles. The highest BCUT2D eigenvalue weighted by Gasteiger charge is 2.10. The molecule has 0 saturated heterocycles. The van der Waals surface area contributed by atoms with E-state index in [9.17, 15) is 4.79 Å². The van der Waals surface area contributed by atoms with Gasteiger partial charge in [0.05, 0.1) is 10.6 Å². The maximum atomic E-state index is 11.3. The van der Waals surface area contributed by atoms with E-state index < -0.39 is 5.91 Å². The second kappa shape index (κ2) is 6.19. The molecule has 2 aromatic rings. The summed E-state index contributed by atoms with van der Waals surface area (Å²) in [7, 11) is 0. The Morgan fingerprint density at radius 2 is 1.86 bits per heavy atom. The lowest BCUT2D eigenvalue weighted by Gasteiger charge is -2.17. The first-order valence-corrected chi connectivity index (χ1v) is 7.19. The zero-order valence-electron chi connectivity index (χ0n) is 12.4. The Bertz CT molecular complexity index is 682. The van der Waals surface area contributed by atoms with Crippen LogP contribution in [0.4, 0.5) is 5.69 Å². The van der Waals surface area contributed by atoms with E-state index in [2.05, 4.69) is 44.3 Å². The summed E-state index contributed by atoms with van der Waals surface area (Å²) in [6, 6.07) is 11.7. The normalized spacial score (nSPS) is 12.0. The maximum Gasteiger partial charge on any atom is 0.250 e. The van der Waals surface area contributed by atoms with Crippen LogP contribution in [0.15, 0.2) is 36.4 Å². The number of aryl methyl sites for hydroxylation is 2. The summed E-state index contributed by atoms with van der Waals surface area (Å²) in [5.41, 5.74) is 10.2. The molecule has 0 bridgehead atoms. The Morgan fingerprint density at radius 3 is 2.48 bits per heavy atom. The van der Waals surface area contributed by atoms with Gasteiger partial charge in [0.1, 0.15) is 0 Å². The SMILES string of the molecule is Cc1ccc(C(C)Nc2ccc(Cl)c(C(N)=O)c2)cc1C. The largest absolute Gasteiger partial charge is 0.378 e. The van der Waals surface area contributed by atoms with E-state index in [0.717, 1.165) is 5.69 Å². The third kappa shape index (κ3) is 3.56. The van der Waals surface area contributed by atoms with Gasteiger partial charge in [-0.25, -0.2) is 0 Å². The van der Waals surface area contributed by atoms with Gasteiger partial charge < -0.3 is 11.1 Å². The number of hydrogen-bond donors (Lipinski definition) is 2. The quantitative estimate of drug-likeness (QED) is 0.888. The molecule has 0 aliphatic rings. The van der Waals surface area contributed by atoms with E-state index in [1.807, 2.05) is 6.07 Å². The molecule has 0 spiro atoms. The van der Waals surface area contributed by atoms with E-state index in [1.165, 1.54) is 16.7 Å². The predicted octanol–water partition coefficient (Wildman–Crippen LogP) is 4.23. The second-order valence-corrected chi connectivity index (χ2v) is 5.68. The molecule has 1 unspecified atom stereocenters. The molecule has 4 heteroatoms. The van der Waals surface area contributed by atoms with Gasteiger partial charge in [0.15, 0.2) is 0 Å². The van der Waals surface area contributed by atoms with Gasteiger partial charge in [-0.3, -0.25) is 4.79 Å². The molecular formula is C17H19ClN2O. The van der Waals surface area contributed by atoms with Crippen LogP contribution >= 0.6 is 11.6 Å². The molecule has 0 aliphatic heterocycles. The van der Waals surface area contributed by atoms with Crippen LogP contribution < -0.4 is 11.1 Å². The van der Waals surface area contributed by atoms with E-state index >= 15 is 0 Å². The molecule has 21 heavy (non-hydrogen) atoms. The summed E-state index contributed by atoms with van der Waals surface area (Å²) >= 11 is 5.95. The monoisotopic (exact) mass is 302 g/mol. The zero-order valence-corrected chi connectivity index (χ0v) is 13.2. The summed E-state index contributed by atoms with van der Waals surface area (Å²) in [6.07, 6.45) is 0. The highest BCUT2D eigenvalue weighted by molar-refractivity contribution is 6.33. The lowest BCUT2D eigenvalue weighted by Crippen LogP contribution is -2.13. The number of carbonyl (C=O) groups is 1. The first-order chi connectivity index (χ1) is 9.88. The molecule has 2 rings (SSSR count). The van der Waals surface area contributed by atoms with Gasteiger partial charge >= 0.3 is 0 Å². The molecule has 1 atom stereocenters. The summed E-state index contributed by atoms with van der Waals surface area (Å²) in [6.45, 7) is 6.26. The topological polar surface area (TPSA) is 55.1 Å². The third-order valence-electron chi connectivity index (χ3n) is 3.65. The Hall–Kier alpha value is -2.00. The summed E-state index contributed by atoms with van der Waals surface area (Å²) in [4.78, 5) is 11.3. The van der Waals surface area contributed by atoms with Crippen molar-refractivity contribution in [2.24, 2.45) is 5.73 Å². The van der Waals surface area contributed by atoms with Gasteiger partial charge in [-0.05, 0) is 55.7 Å². The van der Waals surface area contributed by atoms with Crippen molar-refractivity contribution in [3.05, 3.63) is 63.7 Å². The molecular weight excluding hydrogens is 284 g/mol. The second-order valence-electron chi connectivity index (χ2n) is 5.27. The predicted molar refractivity (Wildman–Crippen MR) is 87.9 cm³/mol. The Morgan fingerprint density at radius 1 is 1.14 bits per heavy atom. The fourth-order valence-corrected chi connectivity index (χ4v) is 2.38. The minimum absolute atomic E-state index is 0.117. The van der Waals surface area contributed by atoms with Crippen molar-refractivity contribution >= 4 is 23.2 Å². The number of halogens is 1. The molecule has 2 aromatic carbocycles. The van der Waals surface area contributed by atoms with Crippen molar-refractivity contribution in [3.63, 3.8) is 0 Å². The van der Waals surface area contributed by atoms with Crippen LogP contribution in [-0.2, 0) is 0 Å². The van der Waals surface area contributed by atoms with Crippen molar-refractivity contribution in [2.75, 3.05) is 5.32 Å². The van der Waals surface area contributed by atoms with Gasteiger partial charge in [0.25, 0.3) is 0 Å². The van der Waals surface area contributed by atoms with E-state index in [4.69, 9.17) is 17.3 Å². The molecule has 0 fully saturated rings. The molecule has 3 nitrogen and oxygen atoms in total. The van der Waals surface area contributed by atoms with Crippen LogP contribution in [-0.4, -0.2) is 5.91 Å². The number of carbonyl (C=O) groups excluding carboxylic acids is 1. The van der Waals surface area contributed by atoms with Gasteiger partial charge in [-0.15, -0.1) is 0 Å². The number of benzene rings is 2. The molecule has 0 aromatic heterocycles. The van der Waals surface area contributed by atoms with Crippen molar-refractivity contribution in [2.45, 2.75) is 26.8 Å². The third-order valence-corrected chi connectivity index (χ3v) is 3.98.